The van der Waals surface area contributed by atoms with Crippen molar-refractivity contribution in [2.75, 3.05) is 19.6 Å². The molecule has 0 saturated carbocycles. The van der Waals surface area contributed by atoms with E-state index in [2.05, 4.69) is 0 Å². The third-order valence-corrected chi connectivity index (χ3v) is 1.35. The first-order valence-corrected chi connectivity index (χ1v) is 3.77. The summed E-state index contributed by atoms with van der Waals surface area (Å²) in [6, 6.07) is 0. The molecule has 0 aromatic heterocycles. The second-order valence-corrected chi connectivity index (χ2v) is 2.62. The number of rotatable bonds is 7. The molecule has 0 aromatic carbocycles. The maximum atomic E-state index is 10.2. The van der Waals surface area contributed by atoms with Gasteiger partial charge in [-0.15, -0.1) is 0 Å². The Balaban J connectivity index is 4.03. The summed E-state index contributed by atoms with van der Waals surface area (Å²) < 4.78 is 0. The van der Waals surface area contributed by atoms with Gasteiger partial charge in [0.25, 0.3) is 0 Å². The third-order valence-electron chi connectivity index (χ3n) is 1.35. The van der Waals surface area contributed by atoms with Crippen LogP contribution in [-0.4, -0.2) is 52.7 Å². The van der Waals surface area contributed by atoms with Gasteiger partial charge < -0.3 is 10.2 Å². The number of carbonyl (C=O) groups excluding carboxylic acids is 1. The van der Waals surface area contributed by atoms with E-state index in [4.69, 9.17) is 10.2 Å². The summed E-state index contributed by atoms with van der Waals surface area (Å²) >= 11 is 0. The van der Waals surface area contributed by atoms with Crippen LogP contribution in [0.4, 0.5) is 0 Å². The van der Waals surface area contributed by atoms with Gasteiger partial charge in [-0.1, -0.05) is 0 Å². The van der Waals surface area contributed by atoms with Crippen molar-refractivity contribution in [2.45, 2.75) is 6.42 Å². The zero-order valence-electron chi connectivity index (χ0n) is 7.30. The first-order chi connectivity index (χ1) is 6.41. The van der Waals surface area contributed by atoms with Crippen molar-refractivity contribution in [2.24, 2.45) is 0 Å². The monoisotopic (exact) mass is 204 g/mol. The average Bonchev–Trinajstić information content (AvgIpc) is 1.97. The molecule has 7 heteroatoms. The van der Waals surface area contributed by atoms with Gasteiger partial charge in [0, 0.05) is 6.54 Å². The van der Waals surface area contributed by atoms with E-state index in [0.717, 1.165) is 4.90 Å². The SMILES string of the molecule is [O]C(=O)CCN(CC(=O)O)CC(=O)O. The maximum absolute atomic E-state index is 10.2. The Morgan fingerprint density at radius 2 is 1.43 bits per heavy atom. The fourth-order valence-corrected chi connectivity index (χ4v) is 0.846. The minimum Gasteiger partial charge on any atom is -0.480 e. The van der Waals surface area contributed by atoms with Gasteiger partial charge in [0.15, 0.2) is 0 Å². The van der Waals surface area contributed by atoms with Crippen molar-refractivity contribution in [1.82, 2.24) is 4.90 Å². The Morgan fingerprint density at radius 3 is 1.71 bits per heavy atom. The highest BCUT2D eigenvalue weighted by atomic mass is 16.4. The van der Waals surface area contributed by atoms with Crippen molar-refractivity contribution in [1.29, 1.82) is 0 Å². The fourth-order valence-electron chi connectivity index (χ4n) is 0.846. The van der Waals surface area contributed by atoms with Crippen LogP contribution in [0, 0.1) is 0 Å². The van der Waals surface area contributed by atoms with Crippen LogP contribution in [0.15, 0.2) is 0 Å². The zero-order valence-corrected chi connectivity index (χ0v) is 7.30. The van der Waals surface area contributed by atoms with Crippen LogP contribution < -0.4 is 0 Å². The van der Waals surface area contributed by atoms with Crippen LogP contribution in [0.25, 0.3) is 0 Å². The summed E-state index contributed by atoms with van der Waals surface area (Å²) in [5, 5.41) is 26.8. The number of carbonyl (C=O) groups is 3. The molecule has 0 spiro atoms. The lowest BCUT2D eigenvalue weighted by Crippen LogP contribution is -2.35. The second-order valence-electron chi connectivity index (χ2n) is 2.62. The van der Waals surface area contributed by atoms with Crippen LogP contribution in [0.1, 0.15) is 6.42 Å². The van der Waals surface area contributed by atoms with Crippen molar-refractivity contribution in [3.8, 4) is 0 Å². The van der Waals surface area contributed by atoms with Gasteiger partial charge in [-0.25, -0.2) is 9.90 Å². The quantitative estimate of drug-likeness (QED) is 0.538. The molecule has 2 N–H and O–H groups in total. The number of hydrogen-bond donors (Lipinski definition) is 2. The van der Waals surface area contributed by atoms with Crippen LogP contribution in [0.2, 0.25) is 0 Å². The van der Waals surface area contributed by atoms with Crippen molar-refractivity contribution < 1.29 is 29.7 Å². The molecule has 0 fully saturated rings. The smallest absolute Gasteiger partial charge is 0.356 e. The van der Waals surface area contributed by atoms with E-state index < -0.39 is 31.0 Å². The van der Waals surface area contributed by atoms with E-state index >= 15 is 0 Å². The molecule has 0 aliphatic heterocycles. The predicted octanol–water partition coefficient (Wildman–Crippen LogP) is -1.20. The van der Waals surface area contributed by atoms with E-state index in [1.54, 1.807) is 0 Å². The highest BCUT2D eigenvalue weighted by Crippen LogP contribution is 1.92. The zero-order chi connectivity index (χ0) is 11.1. The van der Waals surface area contributed by atoms with E-state index in [9.17, 15) is 19.5 Å². The number of nitrogens with zero attached hydrogens (tertiary/aromatic N) is 1. The first kappa shape index (κ1) is 12.4. The summed E-state index contributed by atoms with van der Waals surface area (Å²) in [5.74, 6) is -3.75. The number of aliphatic carboxylic acids is 2. The van der Waals surface area contributed by atoms with Gasteiger partial charge >= 0.3 is 17.9 Å². The normalized spacial score (nSPS) is 10.1. The highest BCUT2D eigenvalue weighted by Gasteiger charge is 2.14. The van der Waals surface area contributed by atoms with Crippen LogP contribution >= 0.6 is 0 Å². The van der Waals surface area contributed by atoms with Gasteiger partial charge in [-0.2, -0.15) is 0 Å². The molecular weight excluding hydrogens is 194 g/mol. The molecule has 0 aliphatic rings. The molecular formula is C7H10NO6. The highest BCUT2D eigenvalue weighted by molar-refractivity contribution is 5.73. The molecule has 0 aliphatic carbocycles. The van der Waals surface area contributed by atoms with E-state index in [-0.39, 0.29) is 13.0 Å². The standard InChI is InChI=1S/C7H10NO6/c9-5(10)1-2-8(3-6(11)12)4-7(13)14/h1-4H2,(H,11,12)(H,13,14). The van der Waals surface area contributed by atoms with Gasteiger partial charge in [-0.05, 0) is 0 Å². The van der Waals surface area contributed by atoms with E-state index in [1.807, 2.05) is 0 Å². The molecule has 0 unspecified atom stereocenters. The Labute approximate surface area is 79.6 Å². The molecule has 0 bridgehead atoms. The Kier molecular flexibility index (Phi) is 5.23. The number of carboxylic acids is 2. The predicted molar refractivity (Wildman–Crippen MR) is 42.0 cm³/mol. The van der Waals surface area contributed by atoms with Gasteiger partial charge in [0.1, 0.15) is 0 Å². The topological polar surface area (TPSA) is 115 Å². The van der Waals surface area contributed by atoms with Gasteiger partial charge in [0.05, 0.1) is 19.5 Å². The van der Waals surface area contributed by atoms with Crippen molar-refractivity contribution >= 4 is 17.9 Å². The molecule has 0 saturated heterocycles. The van der Waals surface area contributed by atoms with Crippen molar-refractivity contribution in [3.63, 3.8) is 0 Å². The minimum absolute atomic E-state index is 0.152. The van der Waals surface area contributed by atoms with E-state index in [1.165, 1.54) is 0 Å². The lowest BCUT2D eigenvalue weighted by molar-refractivity contribution is -0.147. The molecule has 0 atom stereocenters. The second kappa shape index (κ2) is 5.92. The summed E-state index contributed by atoms with van der Waals surface area (Å²) in [6.45, 7) is -1.15. The number of hydrogen-bond acceptors (Lipinski definition) is 4. The average molecular weight is 204 g/mol. The van der Waals surface area contributed by atoms with Crippen LogP contribution in [-0.2, 0) is 19.5 Å². The Bertz CT molecular complexity index is 222. The molecule has 14 heavy (non-hydrogen) atoms. The minimum atomic E-state index is -1.34. The van der Waals surface area contributed by atoms with Crippen molar-refractivity contribution in [3.05, 3.63) is 0 Å². The summed E-state index contributed by atoms with van der Waals surface area (Å²) in [7, 11) is 0. The summed E-state index contributed by atoms with van der Waals surface area (Å²) in [6.07, 6.45) is -0.388. The molecule has 0 heterocycles. The third kappa shape index (κ3) is 7.04. The van der Waals surface area contributed by atoms with Crippen LogP contribution in [0.5, 0.6) is 0 Å². The molecule has 1 radical (unpaired) electrons. The lowest BCUT2D eigenvalue weighted by Gasteiger charge is -2.15. The Hall–Kier alpha value is -1.63. The maximum Gasteiger partial charge on any atom is 0.356 e. The largest absolute Gasteiger partial charge is 0.480 e. The summed E-state index contributed by atoms with van der Waals surface area (Å²) in [4.78, 5) is 31.5. The molecule has 7 nitrogen and oxygen atoms in total. The summed E-state index contributed by atoms with van der Waals surface area (Å²) in [5.41, 5.74) is 0. The number of carboxylic acid groups (broad SMARTS) is 2. The van der Waals surface area contributed by atoms with Gasteiger partial charge in [0.2, 0.25) is 0 Å². The Morgan fingerprint density at radius 1 is 1.00 bits per heavy atom. The first-order valence-electron chi connectivity index (χ1n) is 3.77. The molecule has 79 valence electrons. The molecule has 0 amide bonds. The lowest BCUT2D eigenvalue weighted by atomic mass is 10.3. The molecule has 0 aromatic rings. The van der Waals surface area contributed by atoms with Crippen LogP contribution in [0.3, 0.4) is 0 Å². The van der Waals surface area contributed by atoms with Gasteiger partial charge in [-0.3, -0.25) is 14.5 Å². The fraction of sp³-hybridized carbons (Fsp3) is 0.571. The van der Waals surface area contributed by atoms with E-state index in [0.29, 0.717) is 0 Å². The molecule has 0 rings (SSSR count).